The zero-order valence-electron chi connectivity index (χ0n) is 12.4. The first-order valence-corrected chi connectivity index (χ1v) is 6.96. The number of para-hydroxylation sites is 1. The lowest BCUT2D eigenvalue weighted by molar-refractivity contribution is -0.381. The summed E-state index contributed by atoms with van der Waals surface area (Å²) >= 11 is 0. The second-order valence-electron chi connectivity index (χ2n) is 4.76. The molecule has 0 unspecified atom stereocenters. The van der Waals surface area contributed by atoms with E-state index in [4.69, 9.17) is 4.74 Å². The third kappa shape index (κ3) is 2.99. The van der Waals surface area contributed by atoms with Crippen LogP contribution in [-0.4, -0.2) is 26.0 Å². The first-order valence-electron chi connectivity index (χ1n) is 6.96. The molecule has 1 aliphatic heterocycles. The predicted octanol–water partition coefficient (Wildman–Crippen LogP) is 2.58. The van der Waals surface area contributed by atoms with Gasteiger partial charge in [0.05, 0.1) is 5.57 Å². The van der Waals surface area contributed by atoms with E-state index in [0.29, 0.717) is 5.75 Å². The summed E-state index contributed by atoms with van der Waals surface area (Å²) in [4.78, 5) is 3.10. The number of nitrogens with one attached hydrogen (secondary N) is 1. The molecule has 0 fully saturated rings. The van der Waals surface area contributed by atoms with Gasteiger partial charge in [0.2, 0.25) is 5.69 Å². The lowest BCUT2D eigenvalue weighted by Crippen LogP contribution is -2.41. The molecule has 3 nitrogen and oxygen atoms in total. The summed E-state index contributed by atoms with van der Waals surface area (Å²) in [6.07, 6.45) is 3.31. The predicted molar refractivity (Wildman–Crippen MR) is 81.9 cm³/mol. The highest BCUT2D eigenvalue weighted by atomic mass is 19.1. The maximum absolute atomic E-state index is 13.3. The fraction of sp³-hybridized carbons (Fsp3) is 0.235. The van der Waals surface area contributed by atoms with E-state index >= 15 is 0 Å². The van der Waals surface area contributed by atoms with Crippen LogP contribution in [0.2, 0.25) is 0 Å². The van der Waals surface area contributed by atoms with E-state index in [9.17, 15) is 8.78 Å². The number of halogens is 2. The van der Waals surface area contributed by atoms with Crippen molar-refractivity contribution in [2.75, 3.05) is 20.4 Å². The van der Waals surface area contributed by atoms with Crippen molar-refractivity contribution in [3.8, 4) is 5.75 Å². The number of nitrogens with two attached hydrogens (primary N) is 1. The van der Waals surface area contributed by atoms with E-state index < -0.39 is 19.0 Å². The topological polar surface area (TPSA) is 49.4 Å². The van der Waals surface area contributed by atoms with E-state index in [1.807, 2.05) is 30.3 Å². The number of alkyl halides is 2. The van der Waals surface area contributed by atoms with Crippen LogP contribution in [0.3, 0.4) is 0 Å². The van der Waals surface area contributed by atoms with E-state index in [-0.39, 0.29) is 0 Å². The molecular formula is C17H19F2N2O+. The van der Waals surface area contributed by atoms with Crippen LogP contribution in [0, 0.1) is 0 Å². The molecule has 5 heteroatoms. The molecule has 3 rings (SSSR count). The Balaban J connectivity index is 0.000000847. The van der Waals surface area contributed by atoms with Crippen molar-refractivity contribution < 1.29 is 18.5 Å². The number of benzene rings is 1. The van der Waals surface area contributed by atoms with Crippen LogP contribution in [0.25, 0.3) is 5.57 Å². The third-order valence-electron chi connectivity index (χ3n) is 3.35. The van der Waals surface area contributed by atoms with Gasteiger partial charge in [-0.1, -0.05) is 18.2 Å². The Labute approximate surface area is 128 Å². The van der Waals surface area contributed by atoms with Gasteiger partial charge >= 0.3 is 0 Å². The molecule has 1 aliphatic rings. The third-order valence-corrected chi connectivity index (χ3v) is 3.35. The van der Waals surface area contributed by atoms with Crippen molar-refractivity contribution in [1.82, 2.24) is 0 Å². The molecule has 2 aromatic rings. The van der Waals surface area contributed by atoms with Crippen molar-refractivity contribution in [3.05, 3.63) is 66.0 Å². The average molecular weight is 305 g/mol. The lowest BCUT2D eigenvalue weighted by Gasteiger charge is -2.31. The zero-order valence-corrected chi connectivity index (χ0v) is 12.4. The van der Waals surface area contributed by atoms with Crippen molar-refractivity contribution in [2.45, 2.75) is 5.60 Å². The number of pyridine rings is 1. The summed E-state index contributed by atoms with van der Waals surface area (Å²) in [6.45, 7) is -1.82. The van der Waals surface area contributed by atoms with Crippen molar-refractivity contribution in [2.24, 2.45) is 5.73 Å². The maximum atomic E-state index is 13.3. The van der Waals surface area contributed by atoms with Gasteiger partial charge in [0, 0.05) is 17.7 Å². The molecule has 116 valence electrons. The normalized spacial score (nSPS) is 14.8. The fourth-order valence-electron chi connectivity index (χ4n) is 2.32. The SMILES string of the molecule is CN.FCC1(CF)C=C(c2cccc[nH+]2)c2ccccc2O1. The van der Waals surface area contributed by atoms with E-state index in [1.54, 1.807) is 18.3 Å². The van der Waals surface area contributed by atoms with E-state index in [2.05, 4.69) is 10.7 Å². The molecular weight excluding hydrogens is 286 g/mol. The van der Waals surface area contributed by atoms with Crippen molar-refractivity contribution in [3.63, 3.8) is 0 Å². The molecule has 3 N–H and O–H groups in total. The second-order valence-corrected chi connectivity index (χ2v) is 4.76. The van der Waals surface area contributed by atoms with E-state index in [1.165, 1.54) is 13.1 Å². The molecule has 0 aliphatic carbocycles. The second kappa shape index (κ2) is 7.13. The Morgan fingerprint density at radius 3 is 2.36 bits per heavy atom. The fourth-order valence-corrected chi connectivity index (χ4v) is 2.32. The van der Waals surface area contributed by atoms with Crippen LogP contribution < -0.4 is 15.5 Å². The molecule has 0 radical (unpaired) electrons. The standard InChI is InChI=1S/C16H13F2NO.CH5N/c17-10-16(11-18)9-13(14-6-3-4-8-19-14)12-5-1-2-7-15(12)20-16;1-2/h1-9H,10-11H2;2H2,1H3/p+1. The van der Waals surface area contributed by atoms with Gasteiger partial charge in [0.25, 0.3) is 0 Å². The van der Waals surface area contributed by atoms with Gasteiger partial charge in [0.1, 0.15) is 19.1 Å². The monoisotopic (exact) mass is 305 g/mol. The minimum Gasteiger partial charge on any atom is -0.477 e. The molecule has 0 atom stereocenters. The van der Waals surface area contributed by atoms with Gasteiger partial charge in [0.15, 0.2) is 11.8 Å². The largest absolute Gasteiger partial charge is 0.477 e. The van der Waals surface area contributed by atoms with Crippen LogP contribution in [0.4, 0.5) is 8.78 Å². The number of fused-ring (bicyclic) bond motifs is 1. The number of aromatic nitrogens is 1. The van der Waals surface area contributed by atoms with Gasteiger partial charge < -0.3 is 10.5 Å². The van der Waals surface area contributed by atoms with Crippen molar-refractivity contribution >= 4 is 5.57 Å². The average Bonchev–Trinajstić information content (AvgIpc) is 2.63. The Morgan fingerprint density at radius 1 is 1.05 bits per heavy atom. The number of ether oxygens (including phenoxy) is 1. The minimum atomic E-state index is -1.53. The van der Waals surface area contributed by atoms with Gasteiger partial charge in [-0.2, -0.15) is 0 Å². The summed E-state index contributed by atoms with van der Waals surface area (Å²) in [5.41, 5.74) is 5.35. The minimum absolute atomic E-state index is 0.498. The molecule has 2 heterocycles. The van der Waals surface area contributed by atoms with Gasteiger partial charge in [-0.05, 0) is 25.3 Å². The van der Waals surface area contributed by atoms with E-state index in [0.717, 1.165) is 16.8 Å². The Morgan fingerprint density at radius 2 is 1.73 bits per heavy atom. The zero-order chi connectivity index (χ0) is 16.0. The van der Waals surface area contributed by atoms with Crippen LogP contribution in [0.15, 0.2) is 54.7 Å². The molecule has 0 spiro atoms. The summed E-state index contributed by atoms with van der Waals surface area (Å²) in [5, 5.41) is 0. The Bertz CT molecular complexity index is 640. The first kappa shape index (κ1) is 16.1. The molecule has 22 heavy (non-hydrogen) atoms. The van der Waals surface area contributed by atoms with Crippen LogP contribution in [0.1, 0.15) is 11.3 Å². The number of hydrogen-bond acceptors (Lipinski definition) is 2. The molecule has 1 aromatic carbocycles. The molecule has 0 saturated heterocycles. The van der Waals surface area contributed by atoms with Crippen molar-refractivity contribution in [1.29, 1.82) is 0 Å². The highest BCUT2D eigenvalue weighted by Crippen LogP contribution is 2.38. The molecule has 0 amide bonds. The molecule has 0 saturated carbocycles. The highest BCUT2D eigenvalue weighted by Gasteiger charge is 2.37. The number of H-pyrrole nitrogens is 1. The van der Waals surface area contributed by atoms with Crippen LogP contribution in [-0.2, 0) is 0 Å². The van der Waals surface area contributed by atoms with Gasteiger partial charge in [-0.15, -0.1) is 0 Å². The molecule has 1 aromatic heterocycles. The quantitative estimate of drug-likeness (QED) is 0.947. The highest BCUT2D eigenvalue weighted by molar-refractivity contribution is 5.82. The van der Waals surface area contributed by atoms with Crippen LogP contribution in [0.5, 0.6) is 5.75 Å². The summed E-state index contributed by atoms with van der Waals surface area (Å²) in [6, 6.07) is 12.9. The summed E-state index contributed by atoms with van der Waals surface area (Å²) < 4.78 is 32.1. The Hall–Kier alpha value is -2.27. The van der Waals surface area contributed by atoms with Gasteiger partial charge in [-0.25, -0.2) is 13.8 Å². The number of rotatable bonds is 3. The first-order chi connectivity index (χ1) is 10.8. The summed E-state index contributed by atoms with van der Waals surface area (Å²) in [7, 11) is 1.50. The van der Waals surface area contributed by atoms with Gasteiger partial charge in [-0.3, -0.25) is 0 Å². The number of hydrogen-bond donors (Lipinski definition) is 1. The Kier molecular flexibility index (Phi) is 5.22. The smallest absolute Gasteiger partial charge is 0.211 e. The summed E-state index contributed by atoms with van der Waals surface area (Å²) in [5.74, 6) is 0.498. The van der Waals surface area contributed by atoms with Crippen LogP contribution >= 0.6 is 0 Å². The lowest BCUT2D eigenvalue weighted by atomic mass is 9.91. The number of aromatic amines is 1. The molecule has 0 bridgehead atoms. The maximum Gasteiger partial charge on any atom is 0.211 e.